The number of carbonyl (C=O) groups is 1. The third kappa shape index (κ3) is 3.57. The van der Waals surface area contributed by atoms with Crippen LogP contribution < -0.4 is 10.1 Å². The highest BCUT2D eigenvalue weighted by molar-refractivity contribution is 5.78. The molecule has 3 rings (SSSR count). The maximum Gasteiger partial charge on any atom is 0.234 e. The molecule has 7 nitrogen and oxygen atoms in total. The number of hydrogen-bond donors (Lipinski definition) is 1. The number of nitrogens with one attached hydrogen (secondary N) is 1. The second-order valence-corrected chi connectivity index (χ2v) is 6.71. The first-order valence-corrected chi connectivity index (χ1v) is 8.78. The van der Waals surface area contributed by atoms with Crippen LogP contribution in [0.4, 0.5) is 0 Å². The van der Waals surface area contributed by atoms with Crippen LogP contribution in [0, 0.1) is 6.92 Å². The summed E-state index contributed by atoms with van der Waals surface area (Å²) in [6.07, 6.45) is 3.94. The van der Waals surface area contributed by atoms with Gasteiger partial charge in [-0.25, -0.2) is 4.68 Å². The normalized spacial score (nSPS) is 22.7. The fraction of sp³-hybridized carbons (Fsp3) is 0.765. The molecule has 2 aliphatic rings. The summed E-state index contributed by atoms with van der Waals surface area (Å²) in [5.41, 5.74) is 2.10. The second-order valence-electron chi connectivity index (χ2n) is 6.71. The molecule has 0 radical (unpaired) electrons. The predicted molar refractivity (Wildman–Crippen MR) is 90.0 cm³/mol. The van der Waals surface area contributed by atoms with Gasteiger partial charge in [0.25, 0.3) is 0 Å². The number of nitrogens with zero attached hydrogens (tertiary/aromatic N) is 3. The van der Waals surface area contributed by atoms with E-state index in [1.54, 1.807) is 11.8 Å². The molecule has 3 heterocycles. The summed E-state index contributed by atoms with van der Waals surface area (Å²) in [6.45, 7) is 4.85. The number of ether oxygens (including phenoxy) is 2. The highest BCUT2D eigenvalue weighted by Gasteiger charge is 2.33. The van der Waals surface area contributed by atoms with Crippen molar-refractivity contribution < 1.29 is 14.3 Å². The van der Waals surface area contributed by atoms with E-state index in [2.05, 4.69) is 15.3 Å². The Kier molecular flexibility index (Phi) is 5.40. The van der Waals surface area contributed by atoms with Gasteiger partial charge in [-0.05, 0) is 39.2 Å². The van der Waals surface area contributed by atoms with Crippen molar-refractivity contribution in [2.24, 2.45) is 7.05 Å². The van der Waals surface area contributed by atoms with Gasteiger partial charge in [0.05, 0.1) is 24.9 Å². The van der Waals surface area contributed by atoms with E-state index < -0.39 is 0 Å². The van der Waals surface area contributed by atoms with E-state index in [9.17, 15) is 4.79 Å². The van der Waals surface area contributed by atoms with Crippen molar-refractivity contribution in [2.75, 3.05) is 33.4 Å². The number of rotatable bonds is 5. The van der Waals surface area contributed by atoms with Gasteiger partial charge in [-0.1, -0.05) is 0 Å². The van der Waals surface area contributed by atoms with E-state index in [4.69, 9.17) is 9.47 Å². The Balaban J connectivity index is 1.66. The quantitative estimate of drug-likeness (QED) is 0.874. The van der Waals surface area contributed by atoms with Crippen LogP contribution in [0.2, 0.25) is 0 Å². The van der Waals surface area contributed by atoms with Crippen molar-refractivity contribution in [1.82, 2.24) is 20.0 Å². The monoisotopic (exact) mass is 336 g/mol. The lowest BCUT2D eigenvalue weighted by atomic mass is 10.0. The minimum absolute atomic E-state index is 0.106. The number of methoxy groups -OCH3 is 1. The number of amides is 1. The molecule has 0 saturated carbocycles. The van der Waals surface area contributed by atoms with Crippen molar-refractivity contribution in [3.05, 3.63) is 11.3 Å². The Labute approximate surface area is 143 Å². The first-order chi connectivity index (χ1) is 11.6. The molecule has 1 atom stereocenters. The largest absolute Gasteiger partial charge is 0.481 e. The van der Waals surface area contributed by atoms with E-state index in [1.807, 2.05) is 14.0 Å². The molecular weight excluding hydrogens is 308 g/mol. The molecule has 7 heteroatoms. The van der Waals surface area contributed by atoms with E-state index in [0.29, 0.717) is 6.54 Å². The van der Waals surface area contributed by atoms with Crippen LogP contribution in [0.15, 0.2) is 0 Å². The minimum Gasteiger partial charge on any atom is -0.481 e. The van der Waals surface area contributed by atoms with Crippen molar-refractivity contribution >= 4 is 5.91 Å². The lowest BCUT2D eigenvalue weighted by molar-refractivity contribution is -0.123. The van der Waals surface area contributed by atoms with Gasteiger partial charge < -0.3 is 14.8 Å². The molecule has 0 unspecified atom stereocenters. The summed E-state index contributed by atoms with van der Waals surface area (Å²) in [6, 6.07) is 0.455. The van der Waals surface area contributed by atoms with Gasteiger partial charge >= 0.3 is 0 Å². The van der Waals surface area contributed by atoms with Gasteiger partial charge in [-0.15, -0.1) is 0 Å². The van der Waals surface area contributed by atoms with E-state index in [1.165, 1.54) is 0 Å². The summed E-state index contributed by atoms with van der Waals surface area (Å²) >= 11 is 0. The number of aryl methyl sites for hydroxylation is 2. The molecule has 0 spiro atoms. The Morgan fingerprint density at radius 1 is 1.38 bits per heavy atom. The van der Waals surface area contributed by atoms with Gasteiger partial charge in [0.1, 0.15) is 0 Å². The Morgan fingerprint density at radius 2 is 2.12 bits per heavy atom. The molecule has 0 aromatic carbocycles. The SMILES string of the molecule is COc1c([C@H]2CCCN2CC(=O)NC2CCOCC2)c(C)nn1C. The highest BCUT2D eigenvalue weighted by atomic mass is 16.5. The summed E-state index contributed by atoms with van der Waals surface area (Å²) in [4.78, 5) is 14.7. The van der Waals surface area contributed by atoms with E-state index >= 15 is 0 Å². The molecule has 24 heavy (non-hydrogen) atoms. The maximum absolute atomic E-state index is 12.4. The predicted octanol–water partition coefficient (Wildman–Crippen LogP) is 1.17. The molecule has 1 aromatic rings. The van der Waals surface area contributed by atoms with E-state index in [-0.39, 0.29) is 18.0 Å². The average molecular weight is 336 g/mol. The van der Waals surface area contributed by atoms with Crippen molar-refractivity contribution in [3.8, 4) is 5.88 Å². The molecule has 2 aliphatic heterocycles. The number of likely N-dealkylation sites (tertiary alicyclic amines) is 1. The third-order valence-corrected chi connectivity index (χ3v) is 5.04. The smallest absolute Gasteiger partial charge is 0.234 e. The van der Waals surface area contributed by atoms with Gasteiger partial charge in [-0.2, -0.15) is 5.10 Å². The first-order valence-electron chi connectivity index (χ1n) is 8.78. The molecule has 1 amide bonds. The molecule has 0 bridgehead atoms. The number of aromatic nitrogens is 2. The molecule has 1 N–H and O–H groups in total. The number of carbonyl (C=O) groups excluding carboxylic acids is 1. The zero-order valence-corrected chi connectivity index (χ0v) is 14.9. The molecule has 2 saturated heterocycles. The van der Waals surface area contributed by atoms with Crippen LogP contribution in [-0.2, 0) is 16.6 Å². The third-order valence-electron chi connectivity index (χ3n) is 5.04. The van der Waals surface area contributed by atoms with Crippen molar-refractivity contribution in [2.45, 2.75) is 44.7 Å². The molecule has 1 aromatic heterocycles. The van der Waals surface area contributed by atoms with Crippen LogP contribution in [0.25, 0.3) is 0 Å². The summed E-state index contributed by atoms with van der Waals surface area (Å²) in [5.74, 6) is 0.906. The lowest BCUT2D eigenvalue weighted by Gasteiger charge is -2.27. The van der Waals surface area contributed by atoms with Gasteiger partial charge in [0, 0.05) is 32.3 Å². The fourth-order valence-corrected chi connectivity index (χ4v) is 3.92. The van der Waals surface area contributed by atoms with E-state index in [0.717, 1.165) is 62.6 Å². The molecule has 0 aliphatic carbocycles. The minimum atomic E-state index is 0.106. The second kappa shape index (κ2) is 7.53. The Hall–Kier alpha value is -1.60. The van der Waals surface area contributed by atoms with Crippen molar-refractivity contribution in [3.63, 3.8) is 0 Å². The topological polar surface area (TPSA) is 68.6 Å². The van der Waals surface area contributed by atoms with Crippen LogP contribution in [0.5, 0.6) is 5.88 Å². The van der Waals surface area contributed by atoms with Crippen molar-refractivity contribution in [1.29, 1.82) is 0 Å². The average Bonchev–Trinajstić information content (AvgIpc) is 3.11. The standard InChI is InChI=1S/C17H28N4O3/c1-12-16(17(23-3)20(2)19-12)14-5-4-8-21(14)11-15(22)18-13-6-9-24-10-7-13/h13-14H,4-11H2,1-3H3,(H,18,22)/t14-/m1/s1. The molecule has 2 fully saturated rings. The lowest BCUT2D eigenvalue weighted by Crippen LogP contribution is -2.44. The maximum atomic E-state index is 12.4. The van der Waals surface area contributed by atoms with Crippen LogP contribution in [-0.4, -0.2) is 60.0 Å². The van der Waals surface area contributed by atoms with Crippen LogP contribution >= 0.6 is 0 Å². The van der Waals surface area contributed by atoms with Gasteiger partial charge in [-0.3, -0.25) is 9.69 Å². The van der Waals surface area contributed by atoms with Crippen LogP contribution in [0.3, 0.4) is 0 Å². The van der Waals surface area contributed by atoms with Crippen LogP contribution in [0.1, 0.15) is 43.0 Å². The summed E-state index contributed by atoms with van der Waals surface area (Å²) in [7, 11) is 3.57. The molecule has 134 valence electrons. The van der Waals surface area contributed by atoms with Gasteiger partial charge in [0.2, 0.25) is 11.8 Å². The summed E-state index contributed by atoms with van der Waals surface area (Å²) < 4.78 is 12.7. The Bertz CT molecular complexity index is 581. The highest BCUT2D eigenvalue weighted by Crippen LogP contribution is 2.38. The first kappa shape index (κ1) is 17.2. The zero-order chi connectivity index (χ0) is 17.1. The summed E-state index contributed by atoms with van der Waals surface area (Å²) in [5, 5.41) is 7.64. The molecular formula is C17H28N4O3. The fourth-order valence-electron chi connectivity index (χ4n) is 3.92. The van der Waals surface area contributed by atoms with Gasteiger partial charge in [0.15, 0.2) is 0 Å². The Morgan fingerprint density at radius 3 is 2.83 bits per heavy atom. The number of hydrogen-bond acceptors (Lipinski definition) is 5. The zero-order valence-electron chi connectivity index (χ0n) is 14.9.